The summed E-state index contributed by atoms with van der Waals surface area (Å²) in [4.78, 5) is 13.5. The Hall–Kier alpha value is -0.610. The van der Waals surface area contributed by atoms with E-state index in [9.17, 15) is 4.79 Å². The monoisotopic (exact) mass is 215 g/mol. The predicted octanol–water partition coefficient (Wildman–Crippen LogP) is 0.426. The third kappa shape index (κ3) is 7.33. The van der Waals surface area contributed by atoms with E-state index in [1.165, 1.54) is 0 Å². The van der Waals surface area contributed by atoms with Crippen molar-refractivity contribution in [3.8, 4) is 0 Å². The molecule has 0 aromatic carbocycles. The zero-order valence-corrected chi connectivity index (χ0v) is 10.6. The van der Waals surface area contributed by atoms with E-state index < -0.39 is 6.04 Å². The van der Waals surface area contributed by atoms with E-state index >= 15 is 0 Å². The molecule has 15 heavy (non-hydrogen) atoms. The van der Waals surface area contributed by atoms with E-state index in [0.717, 1.165) is 13.0 Å². The molecular weight excluding hydrogens is 190 g/mol. The number of nitrogens with one attached hydrogen (secondary N) is 1. The van der Waals surface area contributed by atoms with Gasteiger partial charge in [-0.3, -0.25) is 4.79 Å². The van der Waals surface area contributed by atoms with Gasteiger partial charge < -0.3 is 16.0 Å². The van der Waals surface area contributed by atoms with Crippen LogP contribution in [0.1, 0.15) is 27.2 Å². The van der Waals surface area contributed by atoms with Crippen molar-refractivity contribution in [1.82, 2.24) is 10.2 Å². The number of rotatable bonds is 6. The summed E-state index contributed by atoms with van der Waals surface area (Å²) in [5, 5.41) is 2.97. The van der Waals surface area contributed by atoms with Crippen molar-refractivity contribution >= 4 is 5.91 Å². The molecule has 0 rings (SSSR count). The lowest BCUT2D eigenvalue weighted by atomic mass is 10.0. The lowest BCUT2D eigenvalue weighted by Crippen LogP contribution is -2.48. The fourth-order valence-electron chi connectivity index (χ4n) is 1.52. The third-order valence-corrected chi connectivity index (χ3v) is 2.10. The van der Waals surface area contributed by atoms with E-state index in [1.807, 2.05) is 14.1 Å². The average Bonchev–Trinajstić information content (AvgIpc) is 2.00. The van der Waals surface area contributed by atoms with Crippen molar-refractivity contribution < 1.29 is 4.79 Å². The standard InChI is InChI=1S/C11H25N3O/c1-8(2)6-10(7-14(4)5)13-11(15)9(3)12/h8-10H,6-7,12H2,1-5H3,(H,13,15)/t9-,10?/m1/s1. The first-order chi connectivity index (χ1) is 6.82. The largest absolute Gasteiger partial charge is 0.351 e. The lowest BCUT2D eigenvalue weighted by Gasteiger charge is -2.24. The highest BCUT2D eigenvalue weighted by molar-refractivity contribution is 5.81. The average molecular weight is 215 g/mol. The summed E-state index contributed by atoms with van der Waals surface area (Å²) in [5.74, 6) is 0.505. The maximum atomic E-state index is 11.5. The van der Waals surface area contributed by atoms with Crippen LogP contribution in [-0.4, -0.2) is 43.5 Å². The van der Waals surface area contributed by atoms with Crippen LogP contribution in [0.5, 0.6) is 0 Å². The summed E-state index contributed by atoms with van der Waals surface area (Å²) in [7, 11) is 4.01. The van der Waals surface area contributed by atoms with Crippen LogP contribution in [0.4, 0.5) is 0 Å². The number of hydrogen-bond acceptors (Lipinski definition) is 3. The topological polar surface area (TPSA) is 58.4 Å². The number of nitrogens with zero attached hydrogens (tertiary/aromatic N) is 1. The Morgan fingerprint density at radius 1 is 1.33 bits per heavy atom. The zero-order chi connectivity index (χ0) is 12.0. The minimum absolute atomic E-state index is 0.0671. The van der Waals surface area contributed by atoms with Crippen molar-refractivity contribution in [2.45, 2.75) is 39.3 Å². The highest BCUT2D eigenvalue weighted by Gasteiger charge is 2.16. The summed E-state index contributed by atoms with van der Waals surface area (Å²) < 4.78 is 0. The first kappa shape index (κ1) is 14.4. The van der Waals surface area contributed by atoms with Crippen molar-refractivity contribution in [3.05, 3.63) is 0 Å². The Morgan fingerprint density at radius 2 is 1.87 bits per heavy atom. The fraction of sp³-hybridized carbons (Fsp3) is 0.909. The van der Waals surface area contributed by atoms with Gasteiger partial charge in [0.05, 0.1) is 6.04 Å². The van der Waals surface area contributed by atoms with Gasteiger partial charge in [0, 0.05) is 12.6 Å². The molecule has 0 heterocycles. The molecule has 4 heteroatoms. The molecule has 0 aliphatic heterocycles. The van der Waals surface area contributed by atoms with Gasteiger partial charge in [-0.15, -0.1) is 0 Å². The van der Waals surface area contributed by atoms with Gasteiger partial charge in [0.25, 0.3) is 0 Å². The van der Waals surface area contributed by atoms with Crippen LogP contribution in [0.25, 0.3) is 0 Å². The number of carbonyl (C=O) groups is 1. The molecule has 0 aromatic rings. The molecule has 0 bridgehead atoms. The second kappa shape index (κ2) is 6.80. The van der Waals surface area contributed by atoms with E-state index in [2.05, 4.69) is 24.1 Å². The predicted molar refractivity (Wildman–Crippen MR) is 63.6 cm³/mol. The quantitative estimate of drug-likeness (QED) is 0.675. The van der Waals surface area contributed by atoms with Gasteiger partial charge in [-0.25, -0.2) is 0 Å². The van der Waals surface area contributed by atoms with Crippen molar-refractivity contribution in [3.63, 3.8) is 0 Å². The van der Waals surface area contributed by atoms with Gasteiger partial charge in [-0.05, 0) is 33.4 Å². The van der Waals surface area contributed by atoms with Crippen LogP contribution in [-0.2, 0) is 4.79 Å². The second-order valence-corrected chi connectivity index (χ2v) is 4.89. The van der Waals surface area contributed by atoms with Gasteiger partial charge in [-0.1, -0.05) is 13.8 Å². The maximum Gasteiger partial charge on any atom is 0.236 e. The molecule has 0 aromatic heterocycles. The molecule has 0 aliphatic rings. The van der Waals surface area contributed by atoms with E-state index in [0.29, 0.717) is 5.92 Å². The lowest BCUT2D eigenvalue weighted by molar-refractivity contribution is -0.122. The van der Waals surface area contributed by atoms with Gasteiger partial charge in [-0.2, -0.15) is 0 Å². The molecule has 1 amide bonds. The Bertz CT molecular complexity index is 180. The molecule has 0 saturated heterocycles. The van der Waals surface area contributed by atoms with Crippen molar-refractivity contribution in [1.29, 1.82) is 0 Å². The molecule has 4 nitrogen and oxygen atoms in total. The molecule has 2 atom stereocenters. The highest BCUT2D eigenvalue weighted by Crippen LogP contribution is 2.05. The van der Waals surface area contributed by atoms with E-state index in [-0.39, 0.29) is 11.9 Å². The molecule has 3 N–H and O–H groups in total. The number of likely N-dealkylation sites (N-methyl/N-ethyl adjacent to an activating group) is 1. The Morgan fingerprint density at radius 3 is 2.20 bits per heavy atom. The first-order valence-corrected chi connectivity index (χ1v) is 5.53. The summed E-state index contributed by atoms with van der Waals surface area (Å²) in [6.45, 7) is 6.87. The summed E-state index contributed by atoms with van der Waals surface area (Å²) in [5.41, 5.74) is 5.52. The van der Waals surface area contributed by atoms with Crippen LogP contribution in [0.3, 0.4) is 0 Å². The fourth-order valence-corrected chi connectivity index (χ4v) is 1.52. The Kier molecular flexibility index (Phi) is 6.52. The minimum Gasteiger partial charge on any atom is -0.351 e. The number of carbonyl (C=O) groups excluding carboxylic acids is 1. The zero-order valence-electron chi connectivity index (χ0n) is 10.6. The van der Waals surface area contributed by atoms with Crippen molar-refractivity contribution in [2.24, 2.45) is 11.7 Å². The van der Waals surface area contributed by atoms with Gasteiger partial charge in [0.15, 0.2) is 0 Å². The van der Waals surface area contributed by atoms with Crippen LogP contribution < -0.4 is 11.1 Å². The SMILES string of the molecule is CC(C)CC(CN(C)C)NC(=O)[C@@H](C)N. The summed E-state index contributed by atoms with van der Waals surface area (Å²) >= 11 is 0. The van der Waals surface area contributed by atoms with Crippen LogP contribution in [0.15, 0.2) is 0 Å². The Labute approximate surface area is 93.2 Å². The molecule has 0 spiro atoms. The normalized spacial score (nSPS) is 15.5. The Balaban J connectivity index is 4.17. The van der Waals surface area contributed by atoms with E-state index in [4.69, 9.17) is 5.73 Å². The number of amides is 1. The van der Waals surface area contributed by atoms with Crippen LogP contribution in [0, 0.1) is 5.92 Å². The number of nitrogens with two attached hydrogens (primary N) is 1. The van der Waals surface area contributed by atoms with Gasteiger partial charge in [0.2, 0.25) is 5.91 Å². The summed E-state index contributed by atoms with van der Waals surface area (Å²) in [6.07, 6.45) is 0.983. The third-order valence-electron chi connectivity index (χ3n) is 2.10. The van der Waals surface area contributed by atoms with Crippen LogP contribution in [0.2, 0.25) is 0 Å². The molecule has 0 aliphatic carbocycles. The van der Waals surface area contributed by atoms with Crippen molar-refractivity contribution in [2.75, 3.05) is 20.6 Å². The molecule has 0 radical (unpaired) electrons. The van der Waals surface area contributed by atoms with Crippen LogP contribution >= 0.6 is 0 Å². The maximum absolute atomic E-state index is 11.5. The molecule has 0 fully saturated rings. The van der Waals surface area contributed by atoms with E-state index in [1.54, 1.807) is 6.92 Å². The smallest absolute Gasteiger partial charge is 0.236 e. The number of hydrogen-bond donors (Lipinski definition) is 2. The van der Waals surface area contributed by atoms with Gasteiger partial charge in [0.1, 0.15) is 0 Å². The van der Waals surface area contributed by atoms with Gasteiger partial charge >= 0.3 is 0 Å². The molecule has 1 unspecified atom stereocenters. The molecule has 0 saturated carbocycles. The summed E-state index contributed by atoms with van der Waals surface area (Å²) in [6, 6.07) is -0.236. The second-order valence-electron chi connectivity index (χ2n) is 4.89. The minimum atomic E-state index is -0.429. The molecular formula is C11H25N3O. The highest BCUT2D eigenvalue weighted by atomic mass is 16.2. The first-order valence-electron chi connectivity index (χ1n) is 5.53. The molecule has 90 valence electrons.